The minimum atomic E-state index is -2.70. The lowest BCUT2D eigenvalue weighted by atomic mass is 10.1. The zero-order valence-electron chi connectivity index (χ0n) is 9.04. The highest BCUT2D eigenvalue weighted by atomic mass is 127. The van der Waals surface area contributed by atoms with E-state index in [9.17, 15) is 13.6 Å². The van der Waals surface area contributed by atoms with Gasteiger partial charge in [-0.25, -0.2) is 13.8 Å². The molecule has 1 rings (SSSR count). The Morgan fingerprint density at radius 1 is 1.65 bits per heavy atom. The Hall–Kier alpha value is -0.990. The van der Waals surface area contributed by atoms with Crippen LogP contribution in [-0.4, -0.2) is 17.6 Å². The molecule has 0 saturated carbocycles. The molecule has 1 aromatic heterocycles. The number of esters is 1. The summed E-state index contributed by atoms with van der Waals surface area (Å²) >= 11 is 1.77. The summed E-state index contributed by atoms with van der Waals surface area (Å²) in [6, 6.07) is 1.08. The molecular weight excluding hydrogens is 345 g/mol. The van der Waals surface area contributed by atoms with Gasteiger partial charge >= 0.3 is 5.97 Å². The van der Waals surface area contributed by atoms with Crippen LogP contribution >= 0.6 is 22.6 Å². The van der Waals surface area contributed by atoms with Crippen LogP contribution in [0.2, 0.25) is 0 Å². The van der Waals surface area contributed by atoms with E-state index in [1.54, 1.807) is 29.5 Å². The van der Waals surface area contributed by atoms with Crippen molar-refractivity contribution in [3.05, 3.63) is 20.9 Å². The van der Waals surface area contributed by atoms with Gasteiger partial charge in [-0.15, -0.1) is 0 Å². The average Bonchev–Trinajstić information content (AvgIpc) is 2.21. The summed E-state index contributed by atoms with van der Waals surface area (Å²) < 4.78 is 30.6. The zero-order chi connectivity index (χ0) is 13.0. The third kappa shape index (κ3) is 3.76. The molecule has 0 aliphatic heterocycles. The van der Waals surface area contributed by atoms with Crippen LogP contribution in [-0.2, 0) is 16.0 Å². The molecule has 0 amide bonds. The first-order valence-corrected chi connectivity index (χ1v) is 5.92. The molecule has 0 aromatic carbocycles. The van der Waals surface area contributed by atoms with Crippen LogP contribution in [0.4, 0.5) is 14.6 Å². The van der Waals surface area contributed by atoms with E-state index in [1.807, 2.05) is 0 Å². The lowest BCUT2D eigenvalue weighted by Crippen LogP contribution is -2.12. The number of alkyl halides is 2. The molecule has 2 N–H and O–H groups in total. The van der Waals surface area contributed by atoms with E-state index in [4.69, 9.17) is 10.5 Å². The Morgan fingerprint density at radius 2 is 2.29 bits per heavy atom. The van der Waals surface area contributed by atoms with Crippen LogP contribution in [0.3, 0.4) is 0 Å². The molecule has 0 atom stereocenters. The minimum Gasteiger partial charge on any atom is -0.466 e. The summed E-state index contributed by atoms with van der Waals surface area (Å²) in [5.74, 6) is -0.545. The molecule has 0 unspecified atom stereocenters. The van der Waals surface area contributed by atoms with Crippen LogP contribution in [0.1, 0.15) is 24.5 Å². The quantitative estimate of drug-likeness (QED) is 0.511. The van der Waals surface area contributed by atoms with Crippen molar-refractivity contribution in [2.45, 2.75) is 19.8 Å². The second-order valence-corrected chi connectivity index (χ2v) is 4.21. The first-order valence-electron chi connectivity index (χ1n) is 4.84. The molecule has 4 nitrogen and oxygen atoms in total. The molecule has 17 heavy (non-hydrogen) atoms. The van der Waals surface area contributed by atoms with Gasteiger partial charge in [0.15, 0.2) is 0 Å². The predicted molar refractivity (Wildman–Crippen MR) is 66.7 cm³/mol. The maximum atomic E-state index is 12.8. The second kappa shape index (κ2) is 6.08. The van der Waals surface area contributed by atoms with Crippen LogP contribution in [0.5, 0.6) is 0 Å². The van der Waals surface area contributed by atoms with Crippen molar-refractivity contribution in [1.82, 2.24) is 4.98 Å². The third-order valence-corrected chi connectivity index (χ3v) is 2.88. The lowest BCUT2D eigenvalue weighted by molar-refractivity contribution is -0.142. The molecule has 0 bridgehead atoms. The maximum absolute atomic E-state index is 12.8. The topological polar surface area (TPSA) is 65.2 Å². The fourth-order valence-electron chi connectivity index (χ4n) is 1.30. The van der Waals surface area contributed by atoms with Crippen LogP contribution in [0.25, 0.3) is 0 Å². The van der Waals surface area contributed by atoms with Crippen molar-refractivity contribution in [3.8, 4) is 0 Å². The Balaban J connectivity index is 3.08. The van der Waals surface area contributed by atoms with Crippen molar-refractivity contribution >= 4 is 34.4 Å². The average molecular weight is 356 g/mol. The SMILES string of the molecule is CCOC(=O)Cc1c(C(F)F)cc(N)nc1I. The smallest absolute Gasteiger partial charge is 0.310 e. The van der Waals surface area contributed by atoms with Crippen molar-refractivity contribution in [2.24, 2.45) is 0 Å². The number of hydrogen-bond donors (Lipinski definition) is 1. The normalized spacial score (nSPS) is 10.6. The number of hydrogen-bond acceptors (Lipinski definition) is 4. The van der Waals surface area contributed by atoms with E-state index in [0.717, 1.165) is 6.07 Å². The Kier molecular flexibility index (Phi) is 5.03. The minimum absolute atomic E-state index is 0.0114. The number of ether oxygens (including phenoxy) is 1. The van der Waals surface area contributed by atoms with Crippen molar-refractivity contribution in [2.75, 3.05) is 12.3 Å². The summed E-state index contributed by atoms with van der Waals surface area (Å²) in [5.41, 5.74) is 5.30. The Labute approximate surface area is 111 Å². The fourth-order valence-corrected chi connectivity index (χ4v) is 2.09. The van der Waals surface area contributed by atoms with Crippen molar-refractivity contribution in [3.63, 3.8) is 0 Å². The summed E-state index contributed by atoms with van der Waals surface area (Å²) in [4.78, 5) is 15.1. The van der Waals surface area contributed by atoms with Gasteiger partial charge in [-0.2, -0.15) is 0 Å². The number of halogens is 3. The highest BCUT2D eigenvalue weighted by Crippen LogP contribution is 2.27. The first-order chi connectivity index (χ1) is 7.95. The number of pyridine rings is 1. The number of carbonyl (C=O) groups excluding carboxylic acids is 1. The van der Waals surface area contributed by atoms with Crippen LogP contribution in [0.15, 0.2) is 6.07 Å². The summed E-state index contributed by atoms with van der Waals surface area (Å²) in [6.07, 6.45) is -2.92. The standard InChI is InChI=1S/C10H11F2IN2O2/c1-2-17-8(16)4-6-5(9(11)12)3-7(14)15-10(6)13/h3,9H,2,4H2,1H3,(H2,14,15). The second-order valence-electron chi connectivity index (χ2n) is 3.19. The van der Waals surface area contributed by atoms with E-state index in [-0.39, 0.29) is 30.0 Å². The molecule has 7 heteroatoms. The molecule has 1 heterocycles. The number of nitrogen functional groups attached to an aromatic ring is 1. The highest BCUT2D eigenvalue weighted by Gasteiger charge is 2.20. The van der Waals surface area contributed by atoms with Gasteiger partial charge in [-0.05, 0) is 35.6 Å². The van der Waals surface area contributed by atoms with Crippen molar-refractivity contribution < 1.29 is 18.3 Å². The first kappa shape index (κ1) is 14.1. The molecule has 0 saturated heterocycles. The van der Waals surface area contributed by atoms with Gasteiger partial charge in [0.05, 0.1) is 13.0 Å². The van der Waals surface area contributed by atoms with Gasteiger partial charge in [0.2, 0.25) is 0 Å². The van der Waals surface area contributed by atoms with E-state index >= 15 is 0 Å². The van der Waals surface area contributed by atoms with Gasteiger partial charge in [0, 0.05) is 11.1 Å². The third-order valence-electron chi connectivity index (χ3n) is 1.99. The Bertz CT molecular complexity index is 427. The molecule has 0 radical (unpaired) electrons. The van der Waals surface area contributed by atoms with Gasteiger partial charge < -0.3 is 10.5 Å². The lowest BCUT2D eigenvalue weighted by Gasteiger charge is -2.11. The largest absolute Gasteiger partial charge is 0.466 e. The van der Waals surface area contributed by atoms with E-state index in [2.05, 4.69) is 4.98 Å². The van der Waals surface area contributed by atoms with Gasteiger partial charge in [-0.1, -0.05) is 0 Å². The predicted octanol–water partition coefficient (Wildman–Crippen LogP) is 2.31. The molecule has 0 fully saturated rings. The molecular formula is C10H11F2IN2O2. The number of aromatic nitrogens is 1. The van der Waals surface area contributed by atoms with Crippen LogP contribution < -0.4 is 5.73 Å². The molecule has 0 spiro atoms. The maximum Gasteiger partial charge on any atom is 0.310 e. The Morgan fingerprint density at radius 3 is 2.82 bits per heavy atom. The van der Waals surface area contributed by atoms with E-state index < -0.39 is 12.4 Å². The molecule has 0 aliphatic carbocycles. The fraction of sp³-hybridized carbons (Fsp3) is 0.400. The number of carbonyl (C=O) groups is 1. The van der Waals surface area contributed by atoms with Gasteiger partial charge in [-0.3, -0.25) is 4.79 Å². The highest BCUT2D eigenvalue weighted by molar-refractivity contribution is 14.1. The molecule has 0 aliphatic rings. The van der Waals surface area contributed by atoms with Gasteiger partial charge in [0.1, 0.15) is 9.52 Å². The zero-order valence-corrected chi connectivity index (χ0v) is 11.2. The summed E-state index contributed by atoms with van der Waals surface area (Å²) in [5, 5.41) is 0. The number of nitrogens with zero attached hydrogens (tertiary/aromatic N) is 1. The number of nitrogens with two attached hydrogens (primary N) is 1. The van der Waals surface area contributed by atoms with E-state index in [0.29, 0.717) is 3.70 Å². The van der Waals surface area contributed by atoms with Gasteiger partial charge in [0.25, 0.3) is 6.43 Å². The monoisotopic (exact) mass is 356 g/mol. The van der Waals surface area contributed by atoms with E-state index in [1.165, 1.54) is 0 Å². The molecule has 94 valence electrons. The summed E-state index contributed by atoms with van der Waals surface area (Å²) in [7, 11) is 0. The number of rotatable bonds is 4. The number of anilines is 1. The molecule has 1 aromatic rings. The summed E-state index contributed by atoms with van der Waals surface area (Å²) in [6.45, 7) is 1.86. The van der Waals surface area contributed by atoms with Crippen molar-refractivity contribution in [1.29, 1.82) is 0 Å². The van der Waals surface area contributed by atoms with Crippen LogP contribution in [0, 0.1) is 3.70 Å².